The molecule has 0 spiro atoms. The fourth-order valence-corrected chi connectivity index (χ4v) is 3.21. The van der Waals surface area contributed by atoms with E-state index in [9.17, 15) is 18.3 Å². The van der Waals surface area contributed by atoms with Gasteiger partial charge in [-0.2, -0.15) is 0 Å². The van der Waals surface area contributed by atoms with Crippen molar-refractivity contribution in [2.75, 3.05) is 13.1 Å². The molecule has 110 valence electrons. The van der Waals surface area contributed by atoms with Crippen LogP contribution in [0.15, 0.2) is 23.1 Å². The van der Waals surface area contributed by atoms with Crippen LogP contribution in [-0.4, -0.2) is 42.7 Å². The Morgan fingerprint density at radius 2 is 1.85 bits per heavy atom. The monoisotopic (exact) mass is 300 g/mol. The molecule has 3 N–H and O–H groups in total. The van der Waals surface area contributed by atoms with Gasteiger partial charge >= 0.3 is 5.97 Å². The lowest BCUT2D eigenvalue weighted by molar-refractivity contribution is 0.0693. The lowest BCUT2D eigenvalue weighted by atomic mass is 10.2. The number of carboxylic acid groups (broad SMARTS) is 1. The summed E-state index contributed by atoms with van der Waals surface area (Å²) in [5.74, 6) is -1.84. The minimum absolute atomic E-state index is 0.182. The first-order valence-corrected chi connectivity index (χ1v) is 7.72. The van der Waals surface area contributed by atoms with Crippen LogP contribution in [0.3, 0.4) is 0 Å². The molecule has 0 bridgehead atoms. The van der Waals surface area contributed by atoms with Gasteiger partial charge in [0.25, 0.3) is 10.0 Å². The van der Waals surface area contributed by atoms with Gasteiger partial charge in [-0.25, -0.2) is 18.2 Å². The number of aromatic carboxylic acids is 1. The number of piperidine rings is 1. The maximum atomic E-state index is 12.2. The molecule has 0 radical (unpaired) electrons. The van der Waals surface area contributed by atoms with Gasteiger partial charge in [0.2, 0.25) is 0 Å². The highest BCUT2D eigenvalue weighted by atomic mass is 32.2. The number of phenols is 1. The fraction of sp³-hybridized carbons (Fsp3) is 0.417. The van der Waals surface area contributed by atoms with Gasteiger partial charge in [-0.05, 0) is 31.0 Å². The zero-order valence-corrected chi connectivity index (χ0v) is 11.6. The first-order chi connectivity index (χ1) is 9.40. The topological polar surface area (TPSA) is 107 Å². The average molecular weight is 300 g/mol. The second-order valence-electron chi connectivity index (χ2n) is 4.63. The number of aromatic hydroxyl groups is 1. The van der Waals surface area contributed by atoms with Gasteiger partial charge in [-0.3, -0.25) is 0 Å². The second-order valence-corrected chi connectivity index (χ2v) is 6.29. The predicted octanol–water partition coefficient (Wildman–Crippen LogP) is 0.770. The Morgan fingerprint density at radius 3 is 2.45 bits per heavy atom. The van der Waals surface area contributed by atoms with Crippen molar-refractivity contribution in [1.29, 1.82) is 0 Å². The van der Waals surface area contributed by atoms with Crippen molar-refractivity contribution >= 4 is 16.0 Å². The van der Waals surface area contributed by atoms with Gasteiger partial charge in [0.05, 0.1) is 4.90 Å². The Balaban J connectivity index is 2.24. The van der Waals surface area contributed by atoms with E-state index in [4.69, 9.17) is 5.11 Å². The summed E-state index contributed by atoms with van der Waals surface area (Å²) in [6.45, 7) is 1.26. The number of benzene rings is 1. The van der Waals surface area contributed by atoms with Crippen LogP contribution in [-0.2, 0) is 10.0 Å². The standard InChI is InChI=1S/C12H16N2O5S/c15-11-5-4-9(8-10(11)12(16)17)20(18,19)13-14-6-2-1-3-7-14/h4-5,8,13,15H,1-3,6-7H2,(H,16,17). The number of carboxylic acids is 1. The van der Waals surface area contributed by atoms with Gasteiger partial charge in [0.15, 0.2) is 0 Å². The van der Waals surface area contributed by atoms with E-state index in [1.165, 1.54) is 6.07 Å². The van der Waals surface area contributed by atoms with Crippen molar-refractivity contribution in [3.8, 4) is 5.75 Å². The summed E-state index contributed by atoms with van der Waals surface area (Å²) in [7, 11) is -3.83. The van der Waals surface area contributed by atoms with E-state index < -0.39 is 27.3 Å². The van der Waals surface area contributed by atoms with E-state index in [0.29, 0.717) is 13.1 Å². The Morgan fingerprint density at radius 1 is 1.20 bits per heavy atom. The summed E-state index contributed by atoms with van der Waals surface area (Å²) in [6, 6.07) is 3.19. The van der Waals surface area contributed by atoms with Gasteiger partial charge < -0.3 is 10.2 Å². The van der Waals surface area contributed by atoms with Crippen LogP contribution in [0.2, 0.25) is 0 Å². The van der Waals surface area contributed by atoms with E-state index in [1.54, 1.807) is 5.01 Å². The van der Waals surface area contributed by atoms with Crippen molar-refractivity contribution in [2.45, 2.75) is 24.2 Å². The predicted molar refractivity (Wildman–Crippen MR) is 70.8 cm³/mol. The highest BCUT2D eigenvalue weighted by Gasteiger charge is 2.22. The van der Waals surface area contributed by atoms with E-state index in [1.807, 2.05) is 0 Å². The van der Waals surface area contributed by atoms with Crippen LogP contribution in [0.25, 0.3) is 0 Å². The summed E-state index contributed by atoms with van der Waals surface area (Å²) in [5.41, 5.74) is -0.438. The summed E-state index contributed by atoms with van der Waals surface area (Å²) in [6.07, 6.45) is 2.90. The number of nitrogens with zero attached hydrogens (tertiary/aromatic N) is 1. The molecule has 0 aromatic heterocycles. The third-order valence-electron chi connectivity index (χ3n) is 3.11. The molecule has 0 aliphatic carbocycles. The van der Waals surface area contributed by atoms with Gasteiger partial charge in [0, 0.05) is 13.1 Å². The SMILES string of the molecule is O=C(O)c1cc(S(=O)(=O)NN2CCCCC2)ccc1O. The zero-order chi connectivity index (χ0) is 14.8. The zero-order valence-electron chi connectivity index (χ0n) is 10.7. The molecular weight excluding hydrogens is 284 g/mol. The number of rotatable bonds is 4. The molecule has 0 unspecified atom stereocenters. The minimum atomic E-state index is -3.83. The number of hydrazine groups is 1. The van der Waals surface area contributed by atoms with E-state index in [2.05, 4.69) is 4.83 Å². The molecule has 1 fully saturated rings. The molecule has 8 heteroatoms. The number of carbonyl (C=O) groups is 1. The van der Waals surface area contributed by atoms with Crippen molar-refractivity contribution in [3.63, 3.8) is 0 Å². The van der Waals surface area contributed by atoms with Crippen LogP contribution >= 0.6 is 0 Å². The number of nitrogens with one attached hydrogen (secondary N) is 1. The largest absolute Gasteiger partial charge is 0.507 e. The molecule has 1 aliphatic heterocycles. The van der Waals surface area contributed by atoms with Crippen LogP contribution in [0, 0.1) is 0 Å². The molecule has 1 saturated heterocycles. The molecule has 0 atom stereocenters. The number of hydrogen-bond donors (Lipinski definition) is 3. The van der Waals surface area contributed by atoms with E-state index >= 15 is 0 Å². The van der Waals surface area contributed by atoms with Gasteiger partial charge in [-0.15, -0.1) is 4.83 Å². The van der Waals surface area contributed by atoms with Gasteiger partial charge in [-0.1, -0.05) is 6.42 Å². The van der Waals surface area contributed by atoms with Gasteiger partial charge in [0.1, 0.15) is 11.3 Å². The first kappa shape index (κ1) is 14.8. The second kappa shape index (κ2) is 5.78. The normalized spacial score (nSPS) is 17.0. The lowest BCUT2D eigenvalue weighted by Gasteiger charge is -2.26. The molecule has 1 aliphatic rings. The van der Waals surface area contributed by atoms with Crippen molar-refractivity contribution < 1.29 is 23.4 Å². The fourth-order valence-electron chi connectivity index (χ4n) is 2.06. The van der Waals surface area contributed by atoms with Crippen molar-refractivity contribution in [2.24, 2.45) is 0 Å². The quantitative estimate of drug-likeness (QED) is 0.758. The highest BCUT2D eigenvalue weighted by Crippen LogP contribution is 2.21. The molecule has 1 aromatic rings. The minimum Gasteiger partial charge on any atom is -0.507 e. The lowest BCUT2D eigenvalue weighted by Crippen LogP contribution is -2.44. The summed E-state index contributed by atoms with van der Waals surface area (Å²) in [5, 5.41) is 19.9. The highest BCUT2D eigenvalue weighted by molar-refractivity contribution is 7.89. The van der Waals surface area contributed by atoms with Crippen molar-refractivity contribution in [3.05, 3.63) is 23.8 Å². The molecule has 20 heavy (non-hydrogen) atoms. The van der Waals surface area contributed by atoms with Crippen LogP contribution < -0.4 is 4.83 Å². The molecule has 1 aromatic carbocycles. The molecule has 7 nitrogen and oxygen atoms in total. The Kier molecular flexibility index (Phi) is 4.26. The maximum absolute atomic E-state index is 12.2. The summed E-state index contributed by atoms with van der Waals surface area (Å²) in [4.78, 5) is 13.2. The molecule has 2 rings (SSSR count). The average Bonchev–Trinajstić information content (AvgIpc) is 2.39. The Hall–Kier alpha value is -1.64. The maximum Gasteiger partial charge on any atom is 0.339 e. The third kappa shape index (κ3) is 3.27. The Bertz CT molecular complexity index is 608. The van der Waals surface area contributed by atoms with E-state index in [-0.39, 0.29) is 4.90 Å². The molecule has 1 heterocycles. The van der Waals surface area contributed by atoms with Crippen LogP contribution in [0.1, 0.15) is 29.6 Å². The summed E-state index contributed by atoms with van der Waals surface area (Å²) >= 11 is 0. The third-order valence-corrected chi connectivity index (χ3v) is 4.49. The molecule has 0 saturated carbocycles. The molecular formula is C12H16N2O5S. The Labute approximate surface area is 116 Å². The summed E-state index contributed by atoms with van der Waals surface area (Å²) < 4.78 is 24.3. The van der Waals surface area contributed by atoms with Crippen molar-refractivity contribution in [1.82, 2.24) is 9.84 Å². The number of sulfonamides is 1. The molecule has 0 amide bonds. The van der Waals surface area contributed by atoms with Crippen LogP contribution in [0.5, 0.6) is 5.75 Å². The number of hydrogen-bond acceptors (Lipinski definition) is 5. The van der Waals surface area contributed by atoms with E-state index in [0.717, 1.165) is 31.4 Å². The van der Waals surface area contributed by atoms with Crippen LogP contribution in [0.4, 0.5) is 0 Å². The smallest absolute Gasteiger partial charge is 0.339 e. The first-order valence-electron chi connectivity index (χ1n) is 6.24.